The lowest BCUT2D eigenvalue weighted by atomic mass is 10.1. The molecule has 1 unspecified atom stereocenters. The zero-order chi connectivity index (χ0) is 22.6. The normalized spacial score (nSPS) is 16.7. The number of nitrogens with two attached hydrogens (primary N) is 1. The number of anilines is 1. The van der Waals surface area contributed by atoms with Crippen LogP contribution in [0, 0.1) is 0 Å². The number of piperazine rings is 1. The molecule has 2 aromatic rings. The molecular formula is C24H31N3O4. The molecule has 0 spiro atoms. The monoisotopic (exact) mass is 425 g/mol. The number of nitrogens with zero attached hydrogens (tertiary/aromatic N) is 2. The lowest BCUT2D eigenvalue weighted by molar-refractivity contribution is 0.00198. The molecule has 2 amide bonds. The van der Waals surface area contributed by atoms with Crippen molar-refractivity contribution < 1.29 is 19.1 Å². The maximum Gasteiger partial charge on any atom is 0.410 e. The summed E-state index contributed by atoms with van der Waals surface area (Å²) in [6.45, 7) is 9.14. The van der Waals surface area contributed by atoms with Crippen LogP contribution in [-0.4, -0.2) is 53.1 Å². The van der Waals surface area contributed by atoms with E-state index in [9.17, 15) is 9.59 Å². The van der Waals surface area contributed by atoms with E-state index in [0.717, 1.165) is 5.56 Å². The van der Waals surface area contributed by atoms with Crippen molar-refractivity contribution in [1.29, 1.82) is 0 Å². The smallest absolute Gasteiger partial charge is 0.410 e. The molecule has 31 heavy (non-hydrogen) atoms. The number of rotatable bonds is 4. The summed E-state index contributed by atoms with van der Waals surface area (Å²) in [5.74, 6) is 0.431. The SMILES string of the molecule is CC1CN(C(=O)c2ccc(OCc3ccccc3)c(N)c2)CCN1C(=O)OC(C)(C)C. The van der Waals surface area contributed by atoms with Crippen molar-refractivity contribution in [3.63, 3.8) is 0 Å². The standard InChI is InChI=1S/C24H31N3O4/c1-17-15-26(12-13-27(17)23(29)31-24(2,3)4)22(28)19-10-11-21(20(25)14-19)30-16-18-8-6-5-7-9-18/h5-11,14,17H,12-13,15-16,25H2,1-4H3. The van der Waals surface area contributed by atoms with E-state index in [1.54, 1.807) is 28.0 Å². The first kappa shape index (κ1) is 22.5. The van der Waals surface area contributed by atoms with Crippen LogP contribution in [0.25, 0.3) is 0 Å². The van der Waals surface area contributed by atoms with E-state index in [-0.39, 0.29) is 18.0 Å². The van der Waals surface area contributed by atoms with Crippen LogP contribution in [0.5, 0.6) is 5.75 Å². The quantitative estimate of drug-likeness (QED) is 0.751. The van der Waals surface area contributed by atoms with Gasteiger partial charge in [-0.15, -0.1) is 0 Å². The molecule has 0 aromatic heterocycles. The van der Waals surface area contributed by atoms with E-state index in [4.69, 9.17) is 15.2 Å². The van der Waals surface area contributed by atoms with Gasteiger partial charge in [-0.2, -0.15) is 0 Å². The van der Waals surface area contributed by atoms with Gasteiger partial charge in [-0.25, -0.2) is 4.79 Å². The van der Waals surface area contributed by atoms with Gasteiger partial charge >= 0.3 is 6.09 Å². The molecule has 0 bridgehead atoms. The molecule has 1 atom stereocenters. The van der Waals surface area contributed by atoms with Crippen molar-refractivity contribution in [1.82, 2.24) is 9.80 Å². The van der Waals surface area contributed by atoms with Crippen LogP contribution >= 0.6 is 0 Å². The molecule has 1 heterocycles. The predicted molar refractivity (Wildman–Crippen MR) is 120 cm³/mol. The van der Waals surface area contributed by atoms with Crippen LogP contribution in [0.4, 0.5) is 10.5 Å². The number of hydrogen-bond acceptors (Lipinski definition) is 5. The second-order valence-electron chi connectivity index (χ2n) is 8.80. The number of carbonyl (C=O) groups is 2. The fraction of sp³-hybridized carbons (Fsp3) is 0.417. The van der Waals surface area contributed by atoms with Crippen molar-refractivity contribution in [2.45, 2.75) is 45.9 Å². The molecule has 1 aliphatic rings. The Balaban J connectivity index is 1.60. The van der Waals surface area contributed by atoms with Crippen LogP contribution < -0.4 is 10.5 Å². The molecule has 1 aliphatic heterocycles. The maximum atomic E-state index is 13.0. The summed E-state index contributed by atoms with van der Waals surface area (Å²) in [4.78, 5) is 28.8. The lowest BCUT2D eigenvalue weighted by Gasteiger charge is -2.40. The summed E-state index contributed by atoms with van der Waals surface area (Å²) in [6, 6.07) is 14.8. The molecule has 7 nitrogen and oxygen atoms in total. The van der Waals surface area contributed by atoms with Crippen LogP contribution in [0.3, 0.4) is 0 Å². The molecule has 3 rings (SSSR count). The van der Waals surface area contributed by atoms with Gasteiger partial charge < -0.3 is 25.0 Å². The number of nitrogen functional groups attached to an aromatic ring is 1. The van der Waals surface area contributed by atoms with Gasteiger partial charge in [0, 0.05) is 31.2 Å². The van der Waals surface area contributed by atoms with Crippen molar-refractivity contribution >= 4 is 17.7 Å². The second kappa shape index (κ2) is 9.29. The fourth-order valence-corrected chi connectivity index (χ4v) is 3.46. The zero-order valence-electron chi connectivity index (χ0n) is 18.6. The van der Waals surface area contributed by atoms with Crippen molar-refractivity contribution in [3.05, 3.63) is 59.7 Å². The Morgan fingerprint density at radius 3 is 2.42 bits per heavy atom. The summed E-state index contributed by atoms with van der Waals surface area (Å²) < 4.78 is 11.3. The average molecular weight is 426 g/mol. The lowest BCUT2D eigenvalue weighted by Crippen LogP contribution is -2.56. The molecule has 0 saturated carbocycles. The van der Waals surface area contributed by atoms with E-state index in [1.807, 2.05) is 58.0 Å². The summed E-state index contributed by atoms with van der Waals surface area (Å²) in [6.07, 6.45) is -0.351. The van der Waals surface area contributed by atoms with Crippen LogP contribution in [0.2, 0.25) is 0 Å². The van der Waals surface area contributed by atoms with E-state index < -0.39 is 5.60 Å². The minimum atomic E-state index is -0.550. The minimum absolute atomic E-state index is 0.114. The summed E-state index contributed by atoms with van der Waals surface area (Å²) in [5.41, 5.74) is 7.55. The highest BCUT2D eigenvalue weighted by atomic mass is 16.6. The molecule has 166 valence electrons. The van der Waals surface area contributed by atoms with Crippen molar-refractivity contribution in [2.24, 2.45) is 0 Å². The molecule has 2 aromatic carbocycles. The maximum absolute atomic E-state index is 13.0. The number of hydrogen-bond donors (Lipinski definition) is 1. The van der Waals surface area contributed by atoms with Crippen LogP contribution in [-0.2, 0) is 11.3 Å². The molecule has 1 fully saturated rings. The second-order valence-corrected chi connectivity index (χ2v) is 8.80. The number of amides is 2. The Labute approximate surface area is 183 Å². The molecule has 2 N–H and O–H groups in total. The topological polar surface area (TPSA) is 85.1 Å². The summed E-state index contributed by atoms with van der Waals surface area (Å²) >= 11 is 0. The first-order valence-corrected chi connectivity index (χ1v) is 10.5. The zero-order valence-corrected chi connectivity index (χ0v) is 18.6. The van der Waals surface area contributed by atoms with Crippen molar-refractivity contribution in [3.8, 4) is 5.75 Å². The summed E-state index contributed by atoms with van der Waals surface area (Å²) in [7, 11) is 0. The van der Waals surface area contributed by atoms with Gasteiger partial charge in [-0.1, -0.05) is 30.3 Å². The third kappa shape index (κ3) is 5.90. The third-order valence-corrected chi connectivity index (χ3v) is 5.04. The van der Waals surface area contributed by atoms with E-state index in [2.05, 4.69) is 0 Å². The Kier molecular flexibility index (Phi) is 6.73. The molecule has 1 saturated heterocycles. The van der Waals surface area contributed by atoms with Crippen LogP contribution in [0.15, 0.2) is 48.5 Å². The van der Waals surface area contributed by atoms with Crippen LogP contribution in [0.1, 0.15) is 43.6 Å². The Hall–Kier alpha value is -3.22. The fourth-order valence-electron chi connectivity index (χ4n) is 3.46. The Morgan fingerprint density at radius 2 is 1.81 bits per heavy atom. The van der Waals surface area contributed by atoms with Gasteiger partial charge in [0.05, 0.1) is 5.69 Å². The molecule has 0 radical (unpaired) electrons. The molecule has 7 heteroatoms. The van der Waals surface area contributed by atoms with Crippen molar-refractivity contribution in [2.75, 3.05) is 25.4 Å². The predicted octanol–water partition coefficient (Wildman–Crippen LogP) is 3.93. The largest absolute Gasteiger partial charge is 0.487 e. The first-order valence-electron chi connectivity index (χ1n) is 10.5. The number of ether oxygens (including phenoxy) is 2. The van der Waals surface area contributed by atoms with Gasteiger partial charge in [0.1, 0.15) is 18.0 Å². The van der Waals surface area contributed by atoms with Gasteiger partial charge in [0.15, 0.2) is 0 Å². The highest BCUT2D eigenvalue weighted by Gasteiger charge is 2.32. The number of benzene rings is 2. The Bertz CT molecular complexity index is 924. The average Bonchev–Trinajstić information content (AvgIpc) is 2.71. The highest BCUT2D eigenvalue weighted by molar-refractivity contribution is 5.95. The van der Waals surface area contributed by atoms with E-state index in [0.29, 0.717) is 43.2 Å². The number of carbonyl (C=O) groups excluding carboxylic acids is 2. The Morgan fingerprint density at radius 1 is 1.10 bits per heavy atom. The molecular weight excluding hydrogens is 394 g/mol. The van der Waals surface area contributed by atoms with E-state index >= 15 is 0 Å². The van der Waals surface area contributed by atoms with Gasteiger partial charge in [0.2, 0.25) is 0 Å². The summed E-state index contributed by atoms with van der Waals surface area (Å²) in [5, 5.41) is 0. The third-order valence-electron chi connectivity index (χ3n) is 5.04. The highest BCUT2D eigenvalue weighted by Crippen LogP contribution is 2.25. The van der Waals surface area contributed by atoms with Gasteiger partial charge in [0.25, 0.3) is 5.91 Å². The minimum Gasteiger partial charge on any atom is -0.487 e. The van der Waals surface area contributed by atoms with E-state index in [1.165, 1.54) is 0 Å². The van der Waals surface area contributed by atoms with Gasteiger partial charge in [-0.05, 0) is 51.5 Å². The van der Waals surface area contributed by atoms with Gasteiger partial charge in [-0.3, -0.25) is 4.79 Å². The molecule has 0 aliphatic carbocycles. The first-order chi connectivity index (χ1) is 14.6.